The van der Waals surface area contributed by atoms with Gasteiger partial charge in [0.25, 0.3) is 5.78 Å². The highest BCUT2D eigenvalue weighted by Gasteiger charge is 2.22. The summed E-state index contributed by atoms with van der Waals surface area (Å²) in [4.78, 5) is 0. The quantitative estimate of drug-likeness (QED) is 0.367. The van der Waals surface area contributed by atoms with Crippen LogP contribution >= 0.6 is 0 Å². The van der Waals surface area contributed by atoms with E-state index in [1.807, 2.05) is 0 Å². The molecule has 0 bridgehead atoms. The third-order valence-electron chi connectivity index (χ3n) is 3.89. The fourth-order valence-electron chi connectivity index (χ4n) is 2.49. The van der Waals surface area contributed by atoms with Gasteiger partial charge in [-0.15, -0.1) is 13.4 Å². The molecule has 0 heterocycles. The highest BCUT2D eigenvalue weighted by Crippen LogP contribution is 2.16. The third kappa shape index (κ3) is 4.44. The largest absolute Gasteiger partial charge is 0.538 e. The number of ketones is 1. The Balaban J connectivity index is 2.07. The average Bonchev–Trinajstić information content (AvgIpc) is 2.73. The number of rotatable bonds is 3. The van der Waals surface area contributed by atoms with E-state index in [0.29, 0.717) is 21.7 Å². The minimum atomic E-state index is -1.90. The van der Waals surface area contributed by atoms with Gasteiger partial charge in [0.1, 0.15) is 10.8 Å². The van der Waals surface area contributed by atoms with Crippen LogP contribution in [0.5, 0.6) is 0 Å². The van der Waals surface area contributed by atoms with Crippen molar-refractivity contribution in [1.82, 2.24) is 0 Å². The first-order chi connectivity index (χ1) is 13.6. The summed E-state index contributed by atoms with van der Waals surface area (Å²) in [5, 5.41) is 18.3. The molecule has 4 nitrogen and oxygen atoms in total. The van der Waals surface area contributed by atoms with Crippen molar-refractivity contribution < 1.29 is 22.9 Å². The van der Waals surface area contributed by atoms with Crippen molar-refractivity contribution in [3.8, 4) is 0 Å². The maximum Gasteiger partial charge on any atom is 0.538 e. The van der Waals surface area contributed by atoms with Crippen LogP contribution in [0, 0.1) is 5.41 Å². The van der Waals surface area contributed by atoms with Gasteiger partial charge in [-0.2, -0.15) is 0 Å². The summed E-state index contributed by atoms with van der Waals surface area (Å²) in [6, 6.07) is 14.5. The molecule has 0 radical (unpaired) electrons. The summed E-state index contributed by atoms with van der Waals surface area (Å²) in [6.45, 7) is 0. The predicted molar refractivity (Wildman–Crippen MR) is 104 cm³/mol. The van der Waals surface area contributed by atoms with Crippen LogP contribution in [0.1, 0.15) is 0 Å². The maximum absolute atomic E-state index is 13.5. The number of carbonyl (C=O) groups excluding carboxylic acids is 1. The van der Waals surface area contributed by atoms with E-state index in [9.17, 15) is 13.9 Å². The standard InChI is InChI=1S/C22H15F2N2O2/c23-22(24)26(19-7-2-1-3-8-19)15-18-6-4-5-9-20(18)28-21(27)17-12-10-16(14-25)11-13-17/h1-13,15,25H/q+1/p+1/b18-15+. The van der Waals surface area contributed by atoms with Crippen molar-refractivity contribution in [1.29, 1.82) is 5.41 Å². The highest BCUT2D eigenvalue weighted by atomic mass is 19.3. The minimum absolute atomic E-state index is 0.213. The number of allylic oxidation sites excluding steroid dienone is 5. The average molecular weight is 378 g/mol. The molecule has 0 saturated heterocycles. The number of hydrogen-bond acceptors (Lipinski definition) is 2. The molecule has 1 aliphatic carbocycles. The fraction of sp³-hybridized carbons (Fsp3) is 0. The number of para-hydroxylation sites is 1. The lowest BCUT2D eigenvalue weighted by Crippen LogP contribution is -2.14. The summed E-state index contributed by atoms with van der Waals surface area (Å²) < 4.78 is 33.3. The van der Waals surface area contributed by atoms with E-state index in [0.717, 1.165) is 4.58 Å². The van der Waals surface area contributed by atoms with Crippen LogP contribution in [-0.2, 0) is 4.42 Å². The van der Waals surface area contributed by atoms with Crippen LogP contribution in [-0.4, -0.2) is 27.6 Å². The first-order valence-corrected chi connectivity index (χ1v) is 8.31. The molecule has 2 N–H and O–H groups in total. The molecule has 0 fully saturated rings. The number of aliphatic hydroxyl groups excluding tert-OH is 1. The topological polar surface area (TPSA) is 58.4 Å². The van der Waals surface area contributed by atoms with Crippen LogP contribution in [0.3, 0.4) is 0 Å². The van der Waals surface area contributed by atoms with Gasteiger partial charge in [0.2, 0.25) is 5.69 Å². The Morgan fingerprint density at radius 3 is 2.32 bits per heavy atom. The normalized spacial score (nSPS) is 15.5. The molecule has 0 unspecified atom stereocenters. The van der Waals surface area contributed by atoms with Gasteiger partial charge in [0, 0.05) is 23.4 Å². The van der Waals surface area contributed by atoms with Gasteiger partial charge in [0.05, 0.1) is 0 Å². The molecule has 3 rings (SSSR count). The van der Waals surface area contributed by atoms with Gasteiger partial charge in [0.15, 0.2) is 6.20 Å². The molecule has 0 amide bonds. The van der Waals surface area contributed by atoms with Crippen LogP contribution in [0.25, 0.3) is 5.95 Å². The molecule has 1 aliphatic rings. The number of benzene rings is 2. The zero-order valence-electron chi connectivity index (χ0n) is 14.6. The van der Waals surface area contributed by atoms with Crippen LogP contribution in [0.4, 0.5) is 14.5 Å². The van der Waals surface area contributed by atoms with Gasteiger partial charge in [-0.1, -0.05) is 30.4 Å². The fourth-order valence-corrected chi connectivity index (χ4v) is 2.49. The summed E-state index contributed by atoms with van der Waals surface area (Å²) in [7, 11) is 0. The van der Waals surface area contributed by atoms with E-state index in [1.54, 1.807) is 78.9 Å². The SMILES string of the molecule is N=C=c1ccc(=C(O)[O+]=C2C=CC=C/C2=C\[N+](=C(F)F)c2ccccc2)cc1. The van der Waals surface area contributed by atoms with Crippen LogP contribution < -0.4 is 10.4 Å². The van der Waals surface area contributed by atoms with E-state index in [4.69, 9.17) is 9.83 Å². The summed E-state index contributed by atoms with van der Waals surface area (Å²) in [5.41, 5.74) is 0.652. The molecule has 0 aromatic heterocycles. The summed E-state index contributed by atoms with van der Waals surface area (Å²) in [5.74, 6) is 2.07. The third-order valence-corrected chi connectivity index (χ3v) is 3.89. The molecular weight excluding hydrogens is 362 g/mol. The number of hydrogen-bond donors (Lipinski definition) is 2. The van der Waals surface area contributed by atoms with Crippen molar-refractivity contribution in [2.75, 3.05) is 0 Å². The number of aliphatic hydroxyl groups is 1. The van der Waals surface area contributed by atoms with Gasteiger partial charge in [-0.25, -0.2) is 0 Å². The van der Waals surface area contributed by atoms with Gasteiger partial charge in [-0.3, -0.25) is 9.83 Å². The van der Waals surface area contributed by atoms with Gasteiger partial charge >= 0.3 is 12.2 Å². The Morgan fingerprint density at radius 2 is 1.68 bits per heavy atom. The molecule has 0 atom stereocenters. The van der Waals surface area contributed by atoms with Crippen molar-refractivity contribution in [3.63, 3.8) is 0 Å². The lowest BCUT2D eigenvalue weighted by molar-refractivity contribution is -0.381. The molecular formula is C22H16F2N2O2+2. The van der Waals surface area contributed by atoms with Gasteiger partial charge in [-0.05, 0) is 36.2 Å². The first-order valence-electron chi connectivity index (χ1n) is 8.31. The van der Waals surface area contributed by atoms with Crippen molar-refractivity contribution in [2.45, 2.75) is 0 Å². The molecule has 0 spiro atoms. The van der Waals surface area contributed by atoms with E-state index in [2.05, 4.69) is 5.87 Å². The Hall–Kier alpha value is -3.89. The molecule has 2 aromatic carbocycles. The zero-order valence-corrected chi connectivity index (χ0v) is 14.6. The second-order valence-corrected chi connectivity index (χ2v) is 5.72. The molecule has 0 saturated carbocycles. The molecule has 2 aromatic rings. The monoisotopic (exact) mass is 378 g/mol. The number of nitrogens with one attached hydrogen (secondary N) is 1. The Labute approximate surface area is 159 Å². The van der Waals surface area contributed by atoms with E-state index < -0.39 is 6.22 Å². The Bertz CT molecular complexity index is 1160. The Morgan fingerprint density at radius 1 is 1.00 bits per heavy atom. The van der Waals surface area contributed by atoms with Crippen LogP contribution in [0.15, 0.2) is 90.7 Å². The summed E-state index contributed by atoms with van der Waals surface area (Å²) in [6.07, 6.45) is 5.88. The van der Waals surface area contributed by atoms with Crippen molar-refractivity contribution in [3.05, 3.63) is 101 Å². The second-order valence-electron chi connectivity index (χ2n) is 5.72. The van der Waals surface area contributed by atoms with E-state index >= 15 is 0 Å². The molecule has 0 aliphatic heterocycles. The van der Waals surface area contributed by atoms with Crippen LogP contribution in [0.2, 0.25) is 0 Å². The second kappa shape index (κ2) is 8.66. The number of nitrogens with zero attached hydrogens (tertiary/aromatic N) is 1. The lowest BCUT2D eigenvalue weighted by Gasteiger charge is -2.00. The first kappa shape index (κ1) is 18.9. The molecule has 28 heavy (non-hydrogen) atoms. The maximum atomic E-state index is 13.5. The number of halogens is 2. The van der Waals surface area contributed by atoms with Crippen molar-refractivity contribution >= 4 is 29.5 Å². The molecule has 138 valence electrons. The lowest BCUT2D eigenvalue weighted by atomic mass is 10.1. The smallest absolute Gasteiger partial charge is 0.335 e. The summed E-state index contributed by atoms with van der Waals surface area (Å²) >= 11 is 0. The van der Waals surface area contributed by atoms with E-state index in [1.165, 1.54) is 6.20 Å². The Kier molecular flexibility index (Phi) is 5.84. The van der Waals surface area contributed by atoms with Gasteiger partial charge < -0.3 is 5.11 Å². The van der Waals surface area contributed by atoms with E-state index in [-0.39, 0.29) is 11.7 Å². The predicted octanol–water partition coefficient (Wildman–Crippen LogP) is 2.98. The molecule has 6 heteroatoms. The van der Waals surface area contributed by atoms with Crippen molar-refractivity contribution in [2.24, 2.45) is 0 Å². The zero-order chi connectivity index (χ0) is 19.9. The highest BCUT2D eigenvalue weighted by molar-refractivity contribution is 6.07. The minimum Gasteiger partial charge on any atom is -0.335 e.